The average molecular weight is 376 g/mol. The Bertz CT molecular complexity index is 860. The number of benzene rings is 2. The summed E-state index contributed by atoms with van der Waals surface area (Å²) in [7, 11) is 0. The van der Waals surface area contributed by atoms with E-state index in [1.165, 1.54) is 0 Å². The lowest BCUT2D eigenvalue weighted by Crippen LogP contribution is -1.92. The van der Waals surface area contributed by atoms with E-state index in [4.69, 9.17) is 9.47 Å². The van der Waals surface area contributed by atoms with Crippen LogP contribution in [0.25, 0.3) is 11.5 Å². The van der Waals surface area contributed by atoms with Gasteiger partial charge in [-0.05, 0) is 37.1 Å². The maximum absolute atomic E-state index is 11.4. The second kappa shape index (κ2) is 9.18. The average Bonchev–Trinajstić information content (AvgIpc) is 3.23. The van der Waals surface area contributed by atoms with Gasteiger partial charge in [-0.2, -0.15) is 0 Å². The molecule has 28 heavy (non-hydrogen) atoms. The van der Waals surface area contributed by atoms with Crippen molar-refractivity contribution in [3.8, 4) is 0 Å². The fourth-order valence-corrected chi connectivity index (χ4v) is 3.03. The van der Waals surface area contributed by atoms with Crippen molar-refractivity contribution in [3.05, 3.63) is 82.9 Å². The predicted molar refractivity (Wildman–Crippen MR) is 109 cm³/mol. The van der Waals surface area contributed by atoms with Gasteiger partial charge in [0.15, 0.2) is 0 Å². The van der Waals surface area contributed by atoms with Crippen LogP contribution in [0.15, 0.2) is 60.7 Å². The summed E-state index contributed by atoms with van der Waals surface area (Å²) >= 11 is 0. The summed E-state index contributed by atoms with van der Waals surface area (Å²) in [6.07, 6.45) is 7.95. The quantitative estimate of drug-likeness (QED) is 0.615. The lowest BCUT2D eigenvalue weighted by molar-refractivity contribution is 0.0705. The van der Waals surface area contributed by atoms with Crippen LogP contribution in [0.5, 0.6) is 0 Å². The lowest BCUT2D eigenvalue weighted by atomic mass is 10.1. The molecule has 0 bridgehead atoms. The lowest BCUT2D eigenvalue weighted by Gasteiger charge is -1.96. The monoisotopic (exact) mass is 376 g/mol. The number of fused-ring (bicyclic) bond motifs is 2. The summed E-state index contributed by atoms with van der Waals surface area (Å²) in [6, 6.07) is 15.0. The third-order valence-electron chi connectivity index (χ3n) is 4.47. The van der Waals surface area contributed by atoms with Crippen molar-refractivity contribution in [2.45, 2.75) is 39.5 Å². The number of hydrogen-bond donors (Lipinski definition) is 0. The maximum atomic E-state index is 11.4. The van der Waals surface area contributed by atoms with Crippen molar-refractivity contribution < 1.29 is 19.1 Å². The van der Waals surface area contributed by atoms with E-state index in [0.717, 1.165) is 36.8 Å². The minimum Gasteiger partial charge on any atom is -0.423 e. The van der Waals surface area contributed by atoms with E-state index in [1.54, 1.807) is 12.1 Å². The molecular weight excluding hydrogens is 352 g/mol. The Morgan fingerprint density at radius 2 is 1.00 bits per heavy atom. The molecule has 0 atom stereocenters. The summed E-state index contributed by atoms with van der Waals surface area (Å²) in [5.74, 6) is 0.964. The number of esters is 2. The molecule has 0 saturated heterocycles. The molecular formula is C24H24O4. The largest absolute Gasteiger partial charge is 0.423 e. The number of carbonyl (C=O) groups is 2. The van der Waals surface area contributed by atoms with Crippen LogP contribution in [0.3, 0.4) is 0 Å². The Hall–Kier alpha value is -3.14. The molecule has 2 aliphatic rings. The smallest absolute Gasteiger partial charge is 0.344 e. The van der Waals surface area contributed by atoms with Gasteiger partial charge in [0.1, 0.15) is 11.5 Å². The van der Waals surface area contributed by atoms with E-state index >= 15 is 0 Å². The minimum absolute atomic E-state index is 0.233. The molecule has 0 amide bonds. The van der Waals surface area contributed by atoms with Gasteiger partial charge < -0.3 is 9.47 Å². The molecule has 2 heterocycles. The topological polar surface area (TPSA) is 52.6 Å². The van der Waals surface area contributed by atoms with E-state index < -0.39 is 0 Å². The van der Waals surface area contributed by atoms with Gasteiger partial charge in [-0.3, -0.25) is 0 Å². The van der Waals surface area contributed by atoms with Gasteiger partial charge in [0.25, 0.3) is 0 Å². The molecule has 0 N–H and O–H groups in total. The number of unbranched alkanes of at least 4 members (excludes halogenated alkanes) is 2. The summed E-state index contributed by atoms with van der Waals surface area (Å²) in [5, 5.41) is 0. The second-order valence-corrected chi connectivity index (χ2v) is 6.58. The summed E-state index contributed by atoms with van der Waals surface area (Å²) in [5.41, 5.74) is 3.20. The van der Waals surface area contributed by atoms with E-state index in [0.29, 0.717) is 22.6 Å². The van der Waals surface area contributed by atoms with E-state index in [1.807, 2.05) is 48.6 Å². The Morgan fingerprint density at radius 1 is 0.643 bits per heavy atom. The molecule has 2 aromatic rings. The molecule has 0 radical (unpaired) electrons. The van der Waals surface area contributed by atoms with Crippen LogP contribution in [0.1, 0.15) is 71.4 Å². The van der Waals surface area contributed by atoms with Crippen LogP contribution < -0.4 is 0 Å². The predicted octanol–water partition coefficient (Wildman–Crippen LogP) is 6.00. The highest BCUT2D eigenvalue weighted by Gasteiger charge is 2.25. The molecule has 2 aliphatic heterocycles. The minimum atomic E-state index is -0.233. The van der Waals surface area contributed by atoms with Crippen LogP contribution in [0.4, 0.5) is 0 Å². The van der Waals surface area contributed by atoms with Crippen molar-refractivity contribution in [1.82, 2.24) is 0 Å². The van der Waals surface area contributed by atoms with Crippen molar-refractivity contribution in [2.75, 3.05) is 0 Å². The summed E-state index contributed by atoms with van der Waals surface area (Å²) < 4.78 is 10.3. The summed E-state index contributed by atoms with van der Waals surface area (Å²) in [6.45, 7) is 4.19. The Balaban J connectivity index is 0.000000161. The molecule has 0 unspecified atom stereocenters. The first kappa shape index (κ1) is 19.6. The van der Waals surface area contributed by atoms with Gasteiger partial charge in [0.2, 0.25) is 0 Å². The number of carbonyl (C=O) groups excluding carboxylic acids is 2. The van der Waals surface area contributed by atoms with E-state index in [2.05, 4.69) is 13.8 Å². The third-order valence-corrected chi connectivity index (χ3v) is 4.47. The van der Waals surface area contributed by atoms with Gasteiger partial charge in [-0.15, -0.1) is 0 Å². The van der Waals surface area contributed by atoms with Crippen LogP contribution >= 0.6 is 0 Å². The van der Waals surface area contributed by atoms with E-state index in [-0.39, 0.29) is 11.9 Å². The molecule has 2 aromatic carbocycles. The second-order valence-electron chi connectivity index (χ2n) is 6.58. The number of ether oxygens (including phenoxy) is 2. The molecule has 0 fully saturated rings. The van der Waals surface area contributed by atoms with Crippen molar-refractivity contribution in [3.63, 3.8) is 0 Å². The molecule has 4 rings (SSSR count). The zero-order valence-corrected chi connectivity index (χ0v) is 16.2. The molecule has 0 saturated carbocycles. The SMILES string of the molecule is CCC/C=C1/OC(=O)c2ccccc21.CCC/C=C1/OC(=O)c2ccccc21. The van der Waals surface area contributed by atoms with Gasteiger partial charge in [-0.25, -0.2) is 9.59 Å². The van der Waals surface area contributed by atoms with Crippen LogP contribution in [-0.4, -0.2) is 11.9 Å². The van der Waals surface area contributed by atoms with Crippen molar-refractivity contribution in [2.24, 2.45) is 0 Å². The molecule has 0 aliphatic carbocycles. The molecule has 4 nitrogen and oxygen atoms in total. The molecule has 144 valence electrons. The number of rotatable bonds is 4. The highest BCUT2D eigenvalue weighted by Crippen LogP contribution is 2.30. The first-order valence-corrected chi connectivity index (χ1v) is 9.69. The Morgan fingerprint density at radius 3 is 1.36 bits per heavy atom. The van der Waals surface area contributed by atoms with Gasteiger partial charge in [-0.1, -0.05) is 63.1 Å². The first-order valence-electron chi connectivity index (χ1n) is 9.69. The van der Waals surface area contributed by atoms with Crippen molar-refractivity contribution in [1.29, 1.82) is 0 Å². The molecule has 0 spiro atoms. The van der Waals surface area contributed by atoms with Gasteiger partial charge >= 0.3 is 11.9 Å². The zero-order chi connectivity index (χ0) is 19.9. The fourth-order valence-electron chi connectivity index (χ4n) is 3.03. The zero-order valence-electron chi connectivity index (χ0n) is 16.2. The van der Waals surface area contributed by atoms with Crippen molar-refractivity contribution >= 4 is 23.5 Å². The maximum Gasteiger partial charge on any atom is 0.344 e. The van der Waals surface area contributed by atoms with E-state index in [9.17, 15) is 9.59 Å². The third kappa shape index (κ3) is 4.22. The molecule has 0 aromatic heterocycles. The highest BCUT2D eigenvalue weighted by molar-refractivity contribution is 6.03. The molecule has 4 heteroatoms. The number of cyclic esters (lactones) is 2. The summed E-state index contributed by atoms with van der Waals surface area (Å²) in [4.78, 5) is 22.8. The first-order chi connectivity index (χ1) is 13.7. The Labute approximate surface area is 165 Å². The van der Waals surface area contributed by atoms with Gasteiger partial charge in [0, 0.05) is 11.1 Å². The van der Waals surface area contributed by atoms with Crippen LogP contribution in [0.2, 0.25) is 0 Å². The Kier molecular flexibility index (Phi) is 6.43. The normalized spacial score (nSPS) is 16.9. The van der Waals surface area contributed by atoms with Crippen LogP contribution in [0, 0.1) is 0 Å². The van der Waals surface area contributed by atoms with Crippen LogP contribution in [-0.2, 0) is 9.47 Å². The number of allylic oxidation sites excluding steroid dienone is 2. The number of hydrogen-bond acceptors (Lipinski definition) is 4. The standard InChI is InChI=1S/2C12H12O2/c2*1-2-3-8-11-9-6-4-5-7-10(9)12(13)14-11/h2*4-8H,2-3H2,1H3/b2*11-8+. The fraction of sp³-hybridized carbons (Fsp3) is 0.250. The highest BCUT2D eigenvalue weighted by atomic mass is 16.5. The van der Waals surface area contributed by atoms with Gasteiger partial charge in [0.05, 0.1) is 11.1 Å².